The first-order valence-electron chi connectivity index (χ1n) is 6.58. The Hall–Kier alpha value is -1.58. The van der Waals surface area contributed by atoms with Crippen molar-refractivity contribution in [3.05, 3.63) is 23.8 Å². The van der Waals surface area contributed by atoms with E-state index in [9.17, 15) is 9.59 Å². The Morgan fingerprint density at radius 1 is 1.22 bits per heavy atom. The molecule has 2 amide bonds. The average molecular weight is 248 g/mol. The number of nitrogens with one attached hydrogen (secondary N) is 1. The van der Waals surface area contributed by atoms with E-state index in [0.717, 1.165) is 25.9 Å². The molecule has 0 atom stereocenters. The first-order valence-corrected chi connectivity index (χ1v) is 6.58. The molecule has 0 fully saturated rings. The van der Waals surface area contributed by atoms with Gasteiger partial charge >= 0.3 is 0 Å². The van der Waals surface area contributed by atoms with Crippen LogP contribution in [0.5, 0.6) is 0 Å². The molecule has 0 unspecified atom stereocenters. The van der Waals surface area contributed by atoms with Crippen molar-refractivity contribution in [3.8, 4) is 0 Å². The second-order valence-electron chi connectivity index (χ2n) is 4.90. The molecule has 0 saturated heterocycles. The lowest BCUT2D eigenvalue weighted by atomic mass is 9.87. The molecule has 0 saturated carbocycles. The molecule has 2 rings (SSSR count). The number of hydrogen-bond donors (Lipinski definition) is 1. The fraction of sp³-hybridized carbons (Fsp3) is 0.571. The van der Waals surface area contributed by atoms with E-state index in [0.29, 0.717) is 0 Å². The molecule has 0 aromatic heterocycles. The Bertz CT molecular complexity index is 399. The molecular formula is C14H20N2O2. The van der Waals surface area contributed by atoms with Gasteiger partial charge in [0.15, 0.2) is 0 Å². The van der Waals surface area contributed by atoms with Crippen LogP contribution >= 0.6 is 0 Å². The number of amides is 2. The normalized spacial score (nSPS) is 19.2. The first kappa shape index (κ1) is 12.9. The molecule has 98 valence electrons. The van der Waals surface area contributed by atoms with Gasteiger partial charge in [-0.2, -0.15) is 0 Å². The quantitative estimate of drug-likeness (QED) is 0.606. The minimum absolute atomic E-state index is 0.00215. The predicted octanol–water partition coefficient (Wildman–Crippen LogP) is 1.39. The van der Waals surface area contributed by atoms with Gasteiger partial charge in [0.25, 0.3) is 0 Å². The van der Waals surface area contributed by atoms with Crippen molar-refractivity contribution in [3.63, 3.8) is 0 Å². The maximum absolute atomic E-state index is 11.9. The summed E-state index contributed by atoms with van der Waals surface area (Å²) in [4.78, 5) is 24.8. The van der Waals surface area contributed by atoms with Crippen LogP contribution in [0.2, 0.25) is 0 Å². The fourth-order valence-electron chi connectivity index (χ4n) is 2.66. The Morgan fingerprint density at radius 3 is 2.67 bits per heavy atom. The SMILES string of the molecule is C=CC(=O)NCC(=O)N1CCC2=C(CCCC2)C1. The van der Waals surface area contributed by atoms with Crippen LogP contribution in [0, 0.1) is 0 Å². The largest absolute Gasteiger partial charge is 0.343 e. The molecule has 0 aromatic rings. The van der Waals surface area contributed by atoms with Gasteiger partial charge in [0.2, 0.25) is 11.8 Å². The Balaban J connectivity index is 1.87. The monoisotopic (exact) mass is 248 g/mol. The summed E-state index contributed by atoms with van der Waals surface area (Å²) < 4.78 is 0. The Kier molecular flexibility index (Phi) is 4.18. The first-order chi connectivity index (χ1) is 8.70. The highest BCUT2D eigenvalue weighted by Gasteiger charge is 2.24. The average Bonchev–Trinajstić information content (AvgIpc) is 2.43. The lowest BCUT2D eigenvalue weighted by Crippen LogP contribution is -2.43. The van der Waals surface area contributed by atoms with Crippen LogP contribution in [0.1, 0.15) is 32.1 Å². The summed E-state index contributed by atoms with van der Waals surface area (Å²) in [5.41, 5.74) is 3.02. The van der Waals surface area contributed by atoms with E-state index in [1.807, 2.05) is 4.90 Å². The molecule has 0 bridgehead atoms. The molecule has 1 N–H and O–H groups in total. The van der Waals surface area contributed by atoms with E-state index in [2.05, 4.69) is 11.9 Å². The molecule has 4 heteroatoms. The summed E-state index contributed by atoms with van der Waals surface area (Å²) in [6.45, 7) is 4.99. The van der Waals surface area contributed by atoms with Crippen molar-refractivity contribution in [1.29, 1.82) is 0 Å². The molecule has 0 spiro atoms. The van der Waals surface area contributed by atoms with Crippen LogP contribution in [0.3, 0.4) is 0 Å². The van der Waals surface area contributed by atoms with Gasteiger partial charge < -0.3 is 10.2 Å². The van der Waals surface area contributed by atoms with Crippen molar-refractivity contribution in [1.82, 2.24) is 10.2 Å². The van der Waals surface area contributed by atoms with Crippen LogP contribution in [0.15, 0.2) is 23.8 Å². The summed E-state index contributed by atoms with van der Waals surface area (Å²) in [5, 5.41) is 2.54. The highest BCUT2D eigenvalue weighted by molar-refractivity contribution is 5.90. The molecule has 4 nitrogen and oxygen atoms in total. The van der Waals surface area contributed by atoms with Crippen molar-refractivity contribution < 1.29 is 9.59 Å². The second kappa shape index (κ2) is 5.85. The van der Waals surface area contributed by atoms with Gasteiger partial charge in [0.05, 0.1) is 6.54 Å². The van der Waals surface area contributed by atoms with Crippen molar-refractivity contribution in [2.75, 3.05) is 19.6 Å². The maximum Gasteiger partial charge on any atom is 0.243 e. The van der Waals surface area contributed by atoms with Crippen molar-refractivity contribution in [2.45, 2.75) is 32.1 Å². The van der Waals surface area contributed by atoms with Gasteiger partial charge in [0, 0.05) is 13.1 Å². The van der Waals surface area contributed by atoms with Crippen LogP contribution in [0.4, 0.5) is 0 Å². The van der Waals surface area contributed by atoms with E-state index in [-0.39, 0.29) is 18.4 Å². The number of nitrogens with zero attached hydrogens (tertiary/aromatic N) is 1. The second-order valence-corrected chi connectivity index (χ2v) is 4.90. The summed E-state index contributed by atoms with van der Waals surface area (Å²) >= 11 is 0. The highest BCUT2D eigenvalue weighted by atomic mass is 16.2. The van der Waals surface area contributed by atoms with E-state index in [4.69, 9.17) is 0 Å². The summed E-state index contributed by atoms with van der Waals surface area (Å²) in [6.07, 6.45) is 7.08. The van der Waals surface area contributed by atoms with E-state index in [1.54, 1.807) is 5.57 Å². The molecule has 18 heavy (non-hydrogen) atoms. The molecule has 1 aliphatic carbocycles. The molecule has 0 aromatic carbocycles. The van der Waals surface area contributed by atoms with E-state index < -0.39 is 0 Å². The van der Waals surface area contributed by atoms with Crippen LogP contribution < -0.4 is 5.32 Å². The molecular weight excluding hydrogens is 228 g/mol. The van der Waals surface area contributed by atoms with Gasteiger partial charge in [-0.3, -0.25) is 9.59 Å². The van der Waals surface area contributed by atoms with Crippen molar-refractivity contribution in [2.24, 2.45) is 0 Å². The zero-order chi connectivity index (χ0) is 13.0. The van der Waals surface area contributed by atoms with E-state index in [1.165, 1.54) is 30.9 Å². The van der Waals surface area contributed by atoms with Gasteiger partial charge in [-0.15, -0.1) is 0 Å². The third kappa shape index (κ3) is 3.00. The molecule has 1 heterocycles. The zero-order valence-corrected chi connectivity index (χ0v) is 10.7. The smallest absolute Gasteiger partial charge is 0.243 e. The van der Waals surface area contributed by atoms with Crippen LogP contribution in [-0.2, 0) is 9.59 Å². The number of carbonyl (C=O) groups is 2. The summed E-state index contributed by atoms with van der Waals surface area (Å²) in [5.74, 6) is -0.291. The number of hydrogen-bond acceptors (Lipinski definition) is 2. The Labute approximate surface area is 108 Å². The standard InChI is InChI=1S/C14H20N2O2/c1-2-13(17)15-9-14(18)16-8-7-11-5-3-4-6-12(11)10-16/h2H,1,3-10H2,(H,15,17). The van der Waals surface area contributed by atoms with E-state index >= 15 is 0 Å². The lowest BCUT2D eigenvalue weighted by Gasteiger charge is -2.33. The zero-order valence-electron chi connectivity index (χ0n) is 10.7. The number of carbonyl (C=O) groups excluding carboxylic acids is 2. The molecule has 1 aliphatic heterocycles. The molecule has 2 aliphatic rings. The van der Waals surface area contributed by atoms with Gasteiger partial charge in [-0.1, -0.05) is 17.7 Å². The Morgan fingerprint density at radius 2 is 1.94 bits per heavy atom. The van der Waals surface area contributed by atoms with Crippen LogP contribution in [0.25, 0.3) is 0 Å². The minimum atomic E-state index is -0.294. The fourth-order valence-corrected chi connectivity index (χ4v) is 2.66. The molecule has 0 radical (unpaired) electrons. The van der Waals surface area contributed by atoms with Gasteiger partial charge in [0.1, 0.15) is 0 Å². The lowest BCUT2D eigenvalue weighted by molar-refractivity contribution is -0.132. The van der Waals surface area contributed by atoms with Crippen molar-refractivity contribution >= 4 is 11.8 Å². The number of rotatable bonds is 3. The predicted molar refractivity (Wildman–Crippen MR) is 69.9 cm³/mol. The third-order valence-corrected chi connectivity index (χ3v) is 3.72. The third-order valence-electron chi connectivity index (χ3n) is 3.72. The summed E-state index contributed by atoms with van der Waals surface area (Å²) in [6, 6.07) is 0. The van der Waals surface area contributed by atoms with Gasteiger partial charge in [-0.25, -0.2) is 0 Å². The topological polar surface area (TPSA) is 49.4 Å². The van der Waals surface area contributed by atoms with Gasteiger partial charge in [-0.05, 0) is 38.2 Å². The maximum atomic E-state index is 11.9. The minimum Gasteiger partial charge on any atom is -0.343 e. The van der Waals surface area contributed by atoms with Crippen LogP contribution in [-0.4, -0.2) is 36.3 Å². The summed E-state index contributed by atoms with van der Waals surface area (Å²) in [7, 11) is 0. The highest BCUT2D eigenvalue weighted by Crippen LogP contribution is 2.30.